The molecule has 10 heteroatoms. The summed E-state index contributed by atoms with van der Waals surface area (Å²) < 4.78 is 54.1. The van der Waals surface area contributed by atoms with Gasteiger partial charge in [-0.1, -0.05) is 20.8 Å². The van der Waals surface area contributed by atoms with Crippen LogP contribution in [-0.2, 0) is 10.0 Å². The number of nitrogens with zero attached hydrogens (tertiary/aromatic N) is 1. The van der Waals surface area contributed by atoms with Crippen LogP contribution in [0.5, 0.6) is 0 Å². The third kappa shape index (κ3) is 5.10. The number of pyridine rings is 1. The summed E-state index contributed by atoms with van der Waals surface area (Å²) in [5, 5.41) is 8.73. The Labute approximate surface area is 160 Å². The van der Waals surface area contributed by atoms with Crippen LogP contribution in [0.15, 0.2) is 35.4 Å². The predicted octanol–water partition coefficient (Wildman–Crippen LogP) is 3.48. The van der Waals surface area contributed by atoms with Gasteiger partial charge in [0.25, 0.3) is 10.0 Å². The van der Waals surface area contributed by atoms with Crippen molar-refractivity contribution in [3.05, 3.63) is 53.4 Å². The molecule has 2 N–H and O–H groups in total. The first-order chi connectivity index (χ1) is 12.8. The van der Waals surface area contributed by atoms with E-state index in [1.807, 2.05) is 25.5 Å². The van der Waals surface area contributed by atoms with E-state index in [0.717, 1.165) is 12.3 Å². The number of ketones is 1. The molecular weight excluding hydrogens is 394 g/mol. The quantitative estimate of drug-likeness (QED) is 0.703. The van der Waals surface area contributed by atoms with Gasteiger partial charge in [-0.25, -0.2) is 22.0 Å². The van der Waals surface area contributed by atoms with E-state index in [1.165, 1.54) is 6.07 Å². The number of carboxylic acids is 1. The van der Waals surface area contributed by atoms with Crippen molar-refractivity contribution in [1.29, 1.82) is 0 Å². The van der Waals surface area contributed by atoms with Crippen LogP contribution in [-0.4, -0.2) is 30.3 Å². The summed E-state index contributed by atoms with van der Waals surface area (Å²) in [6.07, 6.45) is 1.18. The summed E-state index contributed by atoms with van der Waals surface area (Å²) in [6.45, 7) is 5.63. The molecule has 1 aromatic carbocycles. The zero-order chi connectivity index (χ0) is 21.3. The van der Waals surface area contributed by atoms with Gasteiger partial charge in [-0.15, -0.1) is 0 Å². The maximum Gasteiger partial charge on any atom is 0.341 e. The van der Waals surface area contributed by atoms with E-state index in [0.29, 0.717) is 12.1 Å². The zero-order valence-corrected chi connectivity index (χ0v) is 16.1. The van der Waals surface area contributed by atoms with Crippen LogP contribution in [0.25, 0.3) is 0 Å². The standard InChI is InChI=1S/C18H18F2N2O5S/c1-18(2,3)8-15(23)14-5-4-11(9-21-14)28(26,27)22-10-6-12(19)16(17(24)25)13(20)7-10/h4-7,9,22H,8H2,1-3H3,(H,24,25). The highest BCUT2D eigenvalue weighted by atomic mass is 32.2. The first-order valence-corrected chi connectivity index (χ1v) is 9.53. The van der Waals surface area contributed by atoms with Gasteiger partial charge < -0.3 is 5.11 Å². The van der Waals surface area contributed by atoms with Gasteiger partial charge in [0.1, 0.15) is 27.8 Å². The van der Waals surface area contributed by atoms with Crippen molar-refractivity contribution in [2.45, 2.75) is 32.1 Å². The van der Waals surface area contributed by atoms with Crippen LogP contribution in [0.3, 0.4) is 0 Å². The lowest BCUT2D eigenvalue weighted by molar-refractivity contribution is 0.0686. The number of carboxylic acid groups (broad SMARTS) is 1. The number of rotatable bonds is 6. The summed E-state index contributed by atoms with van der Waals surface area (Å²) >= 11 is 0. The second-order valence-corrected chi connectivity index (χ2v) is 8.95. The molecule has 7 nitrogen and oxygen atoms in total. The number of nitrogens with one attached hydrogen (secondary N) is 1. The highest BCUT2D eigenvalue weighted by molar-refractivity contribution is 7.92. The predicted molar refractivity (Wildman–Crippen MR) is 96.8 cm³/mol. The summed E-state index contributed by atoms with van der Waals surface area (Å²) in [4.78, 5) is 26.4. The van der Waals surface area contributed by atoms with E-state index in [-0.39, 0.29) is 28.2 Å². The lowest BCUT2D eigenvalue weighted by atomic mass is 9.89. The fraction of sp³-hybridized carbons (Fsp3) is 0.278. The Morgan fingerprint density at radius 1 is 1.14 bits per heavy atom. The first-order valence-electron chi connectivity index (χ1n) is 8.04. The molecule has 1 aromatic heterocycles. The lowest BCUT2D eigenvalue weighted by Crippen LogP contribution is -2.16. The molecule has 0 atom stereocenters. The van der Waals surface area contributed by atoms with Gasteiger partial charge >= 0.3 is 5.97 Å². The molecule has 0 aliphatic carbocycles. The number of aromatic carboxylic acids is 1. The molecule has 0 bridgehead atoms. The summed E-state index contributed by atoms with van der Waals surface area (Å²) in [7, 11) is -4.26. The van der Waals surface area contributed by atoms with Crippen LogP contribution in [0, 0.1) is 17.0 Å². The fourth-order valence-corrected chi connectivity index (χ4v) is 3.31. The molecule has 0 amide bonds. The van der Waals surface area contributed by atoms with Gasteiger partial charge in [-0.2, -0.15) is 0 Å². The topological polar surface area (TPSA) is 113 Å². The number of halogens is 2. The number of anilines is 1. The van der Waals surface area contributed by atoms with Crippen LogP contribution in [0.2, 0.25) is 0 Å². The Morgan fingerprint density at radius 2 is 1.71 bits per heavy atom. The molecule has 0 aliphatic heterocycles. The highest BCUT2D eigenvalue weighted by Gasteiger charge is 2.22. The number of carbonyl (C=O) groups excluding carboxylic acids is 1. The minimum atomic E-state index is -4.26. The molecule has 0 saturated heterocycles. The Hall–Kier alpha value is -2.88. The highest BCUT2D eigenvalue weighted by Crippen LogP contribution is 2.23. The third-order valence-corrected chi connectivity index (χ3v) is 4.90. The lowest BCUT2D eigenvalue weighted by Gasteiger charge is -2.16. The van der Waals surface area contributed by atoms with E-state index < -0.39 is 38.9 Å². The van der Waals surface area contributed by atoms with Gasteiger partial charge in [-0.05, 0) is 29.7 Å². The number of carbonyl (C=O) groups is 2. The molecule has 0 spiro atoms. The van der Waals surface area contributed by atoms with Crippen LogP contribution in [0.4, 0.5) is 14.5 Å². The Balaban J connectivity index is 2.26. The van der Waals surface area contributed by atoms with Crippen molar-refractivity contribution in [1.82, 2.24) is 4.98 Å². The Morgan fingerprint density at radius 3 is 2.14 bits per heavy atom. The minimum Gasteiger partial charge on any atom is -0.477 e. The first kappa shape index (κ1) is 21.4. The largest absolute Gasteiger partial charge is 0.477 e. The van der Waals surface area contributed by atoms with Crippen LogP contribution in [0.1, 0.15) is 48.0 Å². The molecule has 2 rings (SSSR count). The van der Waals surface area contributed by atoms with Crippen LogP contribution >= 0.6 is 0 Å². The van der Waals surface area contributed by atoms with Gasteiger partial charge in [0.05, 0.1) is 5.69 Å². The van der Waals surface area contributed by atoms with Crippen molar-refractivity contribution in [3.63, 3.8) is 0 Å². The molecule has 0 fully saturated rings. The van der Waals surface area contributed by atoms with Crippen molar-refractivity contribution in [3.8, 4) is 0 Å². The normalized spacial score (nSPS) is 11.9. The van der Waals surface area contributed by atoms with Crippen LogP contribution < -0.4 is 4.72 Å². The summed E-state index contributed by atoms with van der Waals surface area (Å²) in [6, 6.07) is 3.50. The van der Waals surface area contributed by atoms with E-state index in [4.69, 9.17) is 5.11 Å². The molecule has 150 valence electrons. The molecule has 28 heavy (non-hydrogen) atoms. The van der Waals surface area contributed by atoms with E-state index in [2.05, 4.69) is 4.98 Å². The van der Waals surface area contributed by atoms with Gasteiger partial charge in [0.15, 0.2) is 5.78 Å². The van der Waals surface area contributed by atoms with Gasteiger partial charge in [0, 0.05) is 12.6 Å². The van der Waals surface area contributed by atoms with Crippen molar-refractivity contribution in [2.75, 3.05) is 4.72 Å². The van der Waals surface area contributed by atoms with Crippen molar-refractivity contribution >= 4 is 27.5 Å². The smallest absolute Gasteiger partial charge is 0.341 e. The molecule has 0 aliphatic rings. The van der Waals surface area contributed by atoms with Crippen molar-refractivity contribution < 1.29 is 31.9 Å². The van der Waals surface area contributed by atoms with Gasteiger partial charge in [0.2, 0.25) is 0 Å². The number of benzene rings is 1. The molecule has 0 saturated carbocycles. The molecule has 2 aromatic rings. The fourth-order valence-electron chi connectivity index (χ4n) is 2.33. The second kappa shape index (κ2) is 7.63. The number of sulfonamides is 1. The molecule has 1 heterocycles. The zero-order valence-electron chi connectivity index (χ0n) is 15.3. The van der Waals surface area contributed by atoms with E-state index in [9.17, 15) is 26.8 Å². The summed E-state index contributed by atoms with van der Waals surface area (Å²) in [5.41, 5.74) is -1.85. The number of hydrogen-bond acceptors (Lipinski definition) is 5. The van der Waals surface area contributed by atoms with Crippen molar-refractivity contribution in [2.24, 2.45) is 5.41 Å². The maximum absolute atomic E-state index is 13.7. The Bertz CT molecular complexity index is 1010. The van der Waals surface area contributed by atoms with E-state index >= 15 is 0 Å². The molecular formula is C18H18F2N2O5S. The number of Topliss-reactive ketones (excluding diaryl/α,β-unsaturated/α-hetero) is 1. The SMILES string of the molecule is CC(C)(C)CC(=O)c1ccc(S(=O)(=O)Nc2cc(F)c(C(=O)O)c(F)c2)cn1. The third-order valence-electron chi connectivity index (χ3n) is 3.53. The average molecular weight is 412 g/mol. The minimum absolute atomic E-state index is 0.0942. The Kier molecular flexibility index (Phi) is 5.83. The maximum atomic E-state index is 13.7. The average Bonchev–Trinajstić information content (AvgIpc) is 2.51. The number of hydrogen-bond donors (Lipinski definition) is 2. The summed E-state index contributed by atoms with van der Waals surface area (Å²) in [5.74, 6) is -4.92. The molecule has 0 radical (unpaired) electrons. The molecule has 0 unspecified atom stereocenters. The number of aromatic nitrogens is 1. The second-order valence-electron chi connectivity index (χ2n) is 7.27. The van der Waals surface area contributed by atoms with E-state index in [1.54, 1.807) is 0 Å². The van der Waals surface area contributed by atoms with Gasteiger partial charge in [-0.3, -0.25) is 14.5 Å². The monoisotopic (exact) mass is 412 g/mol.